The number of ether oxygens (including phenoxy) is 3. The van der Waals surface area contributed by atoms with Crippen LogP contribution in [0.2, 0.25) is 0 Å². The van der Waals surface area contributed by atoms with E-state index in [9.17, 15) is 14.4 Å². The molecule has 0 aliphatic rings. The maximum atomic E-state index is 12.8. The maximum Gasteiger partial charge on any atom is 0.310 e. The highest BCUT2D eigenvalue weighted by atomic mass is 16.6. The van der Waals surface area contributed by atoms with Crippen molar-refractivity contribution in [3.8, 4) is 0 Å². The minimum atomic E-state index is -0.846. The third-order valence-electron chi connectivity index (χ3n) is 13.0. The van der Waals surface area contributed by atoms with E-state index in [0.717, 1.165) is 128 Å². The molecule has 0 N–H and O–H groups in total. The van der Waals surface area contributed by atoms with Crippen LogP contribution in [-0.4, -0.2) is 37.2 Å². The average Bonchev–Trinajstić information content (AvgIpc) is 3.45. The zero-order chi connectivity index (χ0) is 57.1. The van der Waals surface area contributed by atoms with Crippen LogP contribution in [0.4, 0.5) is 0 Å². The molecule has 1 unspecified atom stereocenters. The van der Waals surface area contributed by atoms with Gasteiger partial charge in [0, 0.05) is 12.8 Å². The molecule has 6 nitrogen and oxygen atoms in total. The van der Waals surface area contributed by atoms with Crippen LogP contribution >= 0.6 is 0 Å². The van der Waals surface area contributed by atoms with Gasteiger partial charge >= 0.3 is 17.9 Å². The summed E-state index contributed by atoms with van der Waals surface area (Å²) in [5.74, 6) is -1.08. The van der Waals surface area contributed by atoms with Gasteiger partial charge in [-0.3, -0.25) is 14.4 Å². The van der Waals surface area contributed by atoms with E-state index in [0.29, 0.717) is 19.3 Å². The van der Waals surface area contributed by atoms with Crippen LogP contribution in [0.15, 0.2) is 158 Å². The van der Waals surface area contributed by atoms with E-state index < -0.39 is 12.1 Å². The van der Waals surface area contributed by atoms with Crippen LogP contribution in [0.5, 0.6) is 0 Å². The lowest BCUT2D eigenvalue weighted by Crippen LogP contribution is -2.30. The monoisotopic (exact) mass is 1090 g/mol. The molecule has 0 saturated heterocycles. The van der Waals surface area contributed by atoms with E-state index in [1.807, 2.05) is 6.08 Å². The van der Waals surface area contributed by atoms with Crippen molar-refractivity contribution in [2.24, 2.45) is 0 Å². The van der Waals surface area contributed by atoms with Gasteiger partial charge in [-0.25, -0.2) is 0 Å². The lowest BCUT2D eigenvalue weighted by atomic mass is 10.0. The van der Waals surface area contributed by atoms with Crippen molar-refractivity contribution in [3.05, 3.63) is 158 Å². The summed E-state index contributed by atoms with van der Waals surface area (Å²) in [5, 5.41) is 0. The second-order valence-corrected chi connectivity index (χ2v) is 20.6. The second-order valence-electron chi connectivity index (χ2n) is 20.6. The number of allylic oxidation sites excluding steroid dienone is 25. The van der Waals surface area contributed by atoms with Crippen molar-refractivity contribution in [2.45, 2.75) is 271 Å². The maximum absolute atomic E-state index is 12.8. The molecule has 0 aromatic heterocycles. The highest BCUT2D eigenvalue weighted by molar-refractivity contribution is 5.72. The Labute approximate surface area is 486 Å². The summed E-state index contributed by atoms with van der Waals surface area (Å²) in [6.07, 6.45) is 95.6. The molecule has 444 valence electrons. The smallest absolute Gasteiger partial charge is 0.310 e. The summed E-state index contributed by atoms with van der Waals surface area (Å²) in [6, 6.07) is 0. The first kappa shape index (κ1) is 74.0. The lowest BCUT2D eigenvalue weighted by molar-refractivity contribution is -0.166. The molecule has 0 heterocycles. The van der Waals surface area contributed by atoms with Crippen LogP contribution in [0.1, 0.15) is 265 Å². The number of carbonyl (C=O) groups excluding carboxylic acids is 3. The Morgan fingerprint density at radius 3 is 0.835 bits per heavy atom. The quantitative estimate of drug-likeness (QED) is 0.0261. The first-order valence-electron chi connectivity index (χ1n) is 32.0. The summed E-state index contributed by atoms with van der Waals surface area (Å²) in [5.41, 5.74) is 0. The number of carbonyl (C=O) groups is 3. The first-order valence-corrected chi connectivity index (χ1v) is 32.0. The third-order valence-corrected chi connectivity index (χ3v) is 13.0. The highest BCUT2D eigenvalue weighted by Crippen LogP contribution is 2.15. The highest BCUT2D eigenvalue weighted by Gasteiger charge is 2.19. The summed E-state index contributed by atoms with van der Waals surface area (Å²) in [4.78, 5) is 38.2. The SMILES string of the molecule is CC/C=C\C/C=C\C/C=C\C/C=C\C/C=C\C/C=C\CCCCCCCCCCCCCCC(=O)OCC(COC(=O)CCCCCCC/C=C\C/C=C\CCCCC)OC(=O)C/C=C\C/C=C\C/C=C\C/C=C\C/C=C\CC. The van der Waals surface area contributed by atoms with Gasteiger partial charge in [0.15, 0.2) is 6.10 Å². The molecule has 79 heavy (non-hydrogen) atoms. The predicted molar refractivity (Wildman–Crippen MR) is 343 cm³/mol. The Balaban J connectivity index is 4.35. The molecule has 0 amide bonds. The normalized spacial score (nSPS) is 13.2. The van der Waals surface area contributed by atoms with Crippen LogP contribution in [0.25, 0.3) is 0 Å². The minimum Gasteiger partial charge on any atom is -0.462 e. The second kappa shape index (κ2) is 65.5. The molecule has 0 aromatic rings. The zero-order valence-corrected chi connectivity index (χ0v) is 50.8. The van der Waals surface area contributed by atoms with Crippen LogP contribution in [0, 0.1) is 0 Å². The Morgan fingerprint density at radius 1 is 0.278 bits per heavy atom. The van der Waals surface area contributed by atoms with Gasteiger partial charge in [-0.05, 0) is 128 Å². The molecular formula is C73H116O6. The van der Waals surface area contributed by atoms with Gasteiger partial charge in [0.25, 0.3) is 0 Å². The Bertz CT molecular complexity index is 1780. The largest absolute Gasteiger partial charge is 0.462 e. The molecule has 0 spiro atoms. The number of hydrogen-bond donors (Lipinski definition) is 0. The van der Waals surface area contributed by atoms with E-state index in [1.54, 1.807) is 6.08 Å². The van der Waals surface area contributed by atoms with Crippen molar-refractivity contribution in [1.82, 2.24) is 0 Å². The Kier molecular flexibility index (Phi) is 61.4. The standard InChI is InChI=1S/C73H116O6/c1-4-7-10-13-16-19-22-25-28-29-30-31-32-33-34-35-36-37-38-39-40-41-42-43-46-48-51-54-57-60-63-66-72(75)78-69-70(79-73(76)67-64-61-58-55-52-49-45-27-24-21-18-15-12-9-6-3)68-77-71(74)65-62-59-56-53-50-47-44-26-23-20-17-14-11-8-5-2/h7,9-10,12,16-21,25-28,30-31,33-34,36-37,44-45,52,55,61,64,70H,4-6,8,11,13-15,22-24,29,32,35,38-43,46-51,53-54,56-60,62-63,65-69H2,1-3H3/b10-7-,12-9-,19-16-,20-17-,21-18-,28-25-,31-30-,34-33-,37-36-,44-26-,45-27-,55-52-,64-61-. The molecule has 0 aliphatic heterocycles. The summed E-state index contributed by atoms with van der Waals surface area (Å²) in [7, 11) is 0. The molecule has 0 bridgehead atoms. The number of rotatable bonds is 56. The Morgan fingerprint density at radius 2 is 0.532 bits per heavy atom. The van der Waals surface area contributed by atoms with Gasteiger partial charge in [-0.15, -0.1) is 0 Å². The van der Waals surface area contributed by atoms with Crippen molar-refractivity contribution >= 4 is 17.9 Å². The third kappa shape index (κ3) is 63.7. The fourth-order valence-electron chi connectivity index (χ4n) is 8.32. The van der Waals surface area contributed by atoms with Gasteiger partial charge in [-0.2, -0.15) is 0 Å². The van der Waals surface area contributed by atoms with Crippen molar-refractivity contribution in [2.75, 3.05) is 13.2 Å². The van der Waals surface area contributed by atoms with Gasteiger partial charge in [0.05, 0.1) is 6.42 Å². The number of unbranched alkanes of at least 4 members (excludes halogenated alkanes) is 20. The van der Waals surface area contributed by atoms with Gasteiger partial charge in [0.1, 0.15) is 13.2 Å². The topological polar surface area (TPSA) is 78.9 Å². The molecule has 0 fully saturated rings. The molecule has 0 aromatic carbocycles. The Hall–Kier alpha value is -4.97. The summed E-state index contributed by atoms with van der Waals surface area (Å²) >= 11 is 0. The van der Waals surface area contributed by atoms with E-state index in [1.165, 1.54) is 89.9 Å². The van der Waals surface area contributed by atoms with Crippen molar-refractivity contribution in [1.29, 1.82) is 0 Å². The number of hydrogen-bond acceptors (Lipinski definition) is 6. The van der Waals surface area contributed by atoms with Gasteiger partial charge in [-0.1, -0.05) is 275 Å². The molecule has 0 radical (unpaired) electrons. The lowest BCUT2D eigenvalue weighted by Gasteiger charge is -2.18. The predicted octanol–water partition coefficient (Wildman–Crippen LogP) is 22.1. The zero-order valence-electron chi connectivity index (χ0n) is 50.8. The van der Waals surface area contributed by atoms with Crippen LogP contribution in [0.3, 0.4) is 0 Å². The molecule has 0 aliphatic carbocycles. The molecule has 6 heteroatoms. The average molecular weight is 1090 g/mol. The summed E-state index contributed by atoms with van der Waals surface area (Å²) in [6.45, 7) is 6.28. The van der Waals surface area contributed by atoms with E-state index in [-0.39, 0.29) is 31.6 Å². The van der Waals surface area contributed by atoms with Crippen LogP contribution in [-0.2, 0) is 28.6 Å². The first-order chi connectivity index (χ1) is 39.0. The van der Waals surface area contributed by atoms with E-state index in [4.69, 9.17) is 14.2 Å². The van der Waals surface area contributed by atoms with Gasteiger partial charge in [0.2, 0.25) is 0 Å². The molecule has 0 rings (SSSR count). The van der Waals surface area contributed by atoms with E-state index >= 15 is 0 Å². The van der Waals surface area contributed by atoms with E-state index in [2.05, 4.69) is 167 Å². The fourth-order valence-corrected chi connectivity index (χ4v) is 8.32. The van der Waals surface area contributed by atoms with Crippen molar-refractivity contribution in [3.63, 3.8) is 0 Å². The summed E-state index contributed by atoms with van der Waals surface area (Å²) < 4.78 is 16.8. The molecule has 0 saturated carbocycles. The van der Waals surface area contributed by atoms with Crippen LogP contribution < -0.4 is 0 Å². The molecule has 1 atom stereocenters. The number of esters is 3. The van der Waals surface area contributed by atoms with Crippen molar-refractivity contribution < 1.29 is 28.6 Å². The van der Waals surface area contributed by atoms with Gasteiger partial charge < -0.3 is 14.2 Å². The fraction of sp³-hybridized carbons (Fsp3) is 0.603. The molecular weight excluding hydrogens is 973 g/mol. The minimum absolute atomic E-state index is 0.0875.